The zero-order chi connectivity index (χ0) is 15.9. The first kappa shape index (κ1) is 19.3. The average molecular weight is 366 g/mol. The molecule has 0 aliphatic carbocycles. The van der Waals surface area contributed by atoms with Gasteiger partial charge in [0.1, 0.15) is 6.10 Å². The molecule has 0 spiro atoms. The van der Waals surface area contributed by atoms with Gasteiger partial charge in [0.15, 0.2) is 0 Å². The molecule has 0 bridgehead atoms. The van der Waals surface area contributed by atoms with E-state index in [-0.39, 0.29) is 18.5 Å². The molecule has 24 heavy (non-hydrogen) atoms. The third-order valence-corrected chi connectivity index (χ3v) is 4.63. The maximum Gasteiger partial charge on any atom is 0.108 e. The lowest BCUT2D eigenvalue weighted by Gasteiger charge is -2.27. The molecule has 1 heterocycles. The van der Waals surface area contributed by atoms with Crippen molar-refractivity contribution in [2.45, 2.75) is 25.4 Å². The second-order valence-corrected chi connectivity index (χ2v) is 6.56. The van der Waals surface area contributed by atoms with E-state index in [1.807, 2.05) is 24.3 Å². The van der Waals surface area contributed by atoms with Crippen LogP contribution in [0.25, 0.3) is 0 Å². The standard InChI is InChI=1S/C20H24ClNO.ClH/c21-19-11-7-10-18(16-19)20(17-8-3-1-4-9-17)23-15-14-22-12-5-2-6-13-22;/h1,3-4,7-11,16,20H,2,5-6,12-15H2;1H. The number of piperidine rings is 1. The number of rotatable bonds is 6. The Morgan fingerprint density at radius 3 is 2.33 bits per heavy atom. The van der Waals surface area contributed by atoms with E-state index in [4.69, 9.17) is 16.3 Å². The number of hydrogen-bond acceptors (Lipinski definition) is 2. The van der Waals surface area contributed by atoms with Crippen LogP contribution in [0.5, 0.6) is 0 Å². The Kier molecular flexibility index (Phi) is 8.07. The van der Waals surface area contributed by atoms with Gasteiger partial charge < -0.3 is 9.64 Å². The molecular formula is C20H25Cl2NO. The minimum atomic E-state index is -0.0558. The van der Waals surface area contributed by atoms with Crippen LogP contribution in [0.1, 0.15) is 36.5 Å². The topological polar surface area (TPSA) is 12.5 Å². The normalized spacial score (nSPS) is 16.4. The smallest absolute Gasteiger partial charge is 0.108 e. The zero-order valence-electron chi connectivity index (χ0n) is 13.9. The van der Waals surface area contributed by atoms with E-state index in [2.05, 4.69) is 35.2 Å². The van der Waals surface area contributed by atoms with Crippen molar-refractivity contribution in [1.82, 2.24) is 4.90 Å². The third-order valence-electron chi connectivity index (χ3n) is 4.39. The van der Waals surface area contributed by atoms with Gasteiger partial charge in [0.25, 0.3) is 0 Å². The first-order chi connectivity index (χ1) is 11.3. The van der Waals surface area contributed by atoms with Gasteiger partial charge in [-0.3, -0.25) is 0 Å². The van der Waals surface area contributed by atoms with E-state index in [1.165, 1.54) is 37.9 Å². The second kappa shape index (κ2) is 10.0. The Labute approximate surface area is 156 Å². The minimum Gasteiger partial charge on any atom is -0.367 e. The fourth-order valence-electron chi connectivity index (χ4n) is 3.17. The van der Waals surface area contributed by atoms with Gasteiger partial charge in [-0.1, -0.05) is 60.5 Å². The predicted molar refractivity (Wildman–Crippen MR) is 103 cm³/mol. The Morgan fingerprint density at radius 2 is 1.62 bits per heavy atom. The maximum absolute atomic E-state index is 6.27. The summed E-state index contributed by atoms with van der Waals surface area (Å²) >= 11 is 6.17. The molecule has 1 fully saturated rings. The molecular weight excluding hydrogens is 341 g/mol. The first-order valence-corrected chi connectivity index (χ1v) is 8.85. The molecule has 1 atom stereocenters. The van der Waals surface area contributed by atoms with Crippen molar-refractivity contribution in [2.24, 2.45) is 0 Å². The van der Waals surface area contributed by atoms with E-state index in [0.29, 0.717) is 0 Å². The average Bonchev–Trinajstić information content (AvgIpc) is 2.60. The van der Waals surface area contributed by atoms with Crippen molar-refractivity contribution in [3.63, 3.8) is 0 Å². The molecule has 1 saturated heterocycles. The highest BCUT2D eigenvalue weighted by atomic mass is 35.5. The number of hydrogen-bond donors (Lipinski definition) is 0. The van der Waals surface area contributed by atoms with E-state index in [1.54, 1.807) is 0 Å². The lowest BCUT2D eigenvalue weighted by atomic mass is 10.0. The summed E-state index contributed by atoms with van der Waals surface area (Å²) in [7, 11) is 0. The van der Waals surface area contributed by atoms with Gasteiger partial charge >= 0.3 is 0 Å². The van der Waals surface area contributed by atoms with Crippen LogP contribution >= 0.6 is 24.0 Å². The molecule has 2 nitrogen and oxygen atoms in total. The van der Waals surface area contributed by atoms with Gasteiger partial charge in [-0.25, -0.2) is 0 Å². The minimum absolute atomic E-state index is 0. The predicted octanol–water partition coefficient (Wildman–Crippen LogP) is 5.35. The summed E-state index contributed by atoms with van der Waals surface area (Å²) in [4.78, 5) is 2.50. The van der Waals surface area contributed by atoms with Crippen LogP contribution < -0.4 is 0 Å². The molecule has 3 rings (SSSR count). The van der Waals surface area contributed by atoms with Crippen molar-refractivity contribution in [2.75, 3.05) is 26.2 Å². The van der Waals surface area contributed by atoms with E-state index >= 15 is 0 Å². The number of nitrogens with zero attached hydrogens (tertiary/aromatic N) is 1. The van der Waals surface area contributed by atoms with Gasteiger partial charge in [-0.05, 0) is 49.2 Å². The third kappa shape index (κ3) is 5.49. The molecule has 0 amide bonds. The molecule has 4 heteroatoms. The highest BCUT2D eigenvalue weighted by Gasteiger charge is 2.16. The Hall–Kier alpha value is -1.06. The molecule has 130 valence electrons. The molecule has 0 saturated carbocycles. The number of likely N-dealkylation sites (tertiary alicyclic amines) is 1. The Balaban J connectivity index is 0.00000208. The van der Waals surface area contributed by atoms with Gasteiger partial charge in [0.2, 0.25) is 0 Å². The second-order valence-electron chi connectivity index (χ2n) is 6.12. The number of benzene rings is 2. The fourth-order valence-corrected chi connectivity index (χ4v) is 3.36. The van der Waals surface area contributed by atoms with E-state index in [9.17, 15) is 0 Å². The molecule has 2 aromatic rings. The summed E-state index contributed by atoms with van der Waals surface area (Å²) in [6, 6.07) is 18.4. The highest BCUT2D eigenvalue weighted by Crippen LogP contribution is 2.27. The van der Waals surface area contributed by atoms with Gasteiger partial charge in [0, 0.05) is 11.6 Å². The van der Waals surface area contributed by atoms with Crippen molar-refractivity contribution in [1.29, 1.82) is 0 Å². The summed E-state index contributed by atoms with van der Waals surface area (Å²) < 4.78 is 6.27. The summed E-state index contributed by atoms with van der Waals surface area (Å²) in [6.07, 6.45) is 3.94. The summed E-state index contributed by atoms with van der Waals surface area (Å²) in [5.41, 5.74) is 2.29. The molecule has 0 radical (unpaired) electrons. The van der Waals surface area contributed by atoms with Crippen LogP contribution in [0.2, 0.25) is 5.02 Å². The monoisotopic (exact) mass is 365 g/mol. The highest BCUT2D eigenvalue weighted by molar-refractivity contribution is 6.30. The molecule has 0 aromatic heterocycles. The van der Waals surface area contributed by atoms with Gasteiger partial charge in [0.05, 0.1) is 6.61 Å². The van der Waals surface area contributed by atoms with Crippen molar-refractivity contribution < 1.29 is 4.74 Å². The lowest BCUT2D eigenvalue weighted by Crippen LogP contribution is -2.33. The van der Waals surface area contributed by atoms with Crippen LogP contribution in [0.3, 0.4) is 0 Å². The van der Waals surface area contributed by atoms with Crippen molar-refractivity contribution in [3.8, 4) is 0 Å². The molecule has 2 aromatic carbocycles. The largest absolute Gasteiger partial charge is 0.367 e. The molecule has 1 unspecified atom stereocenters. The molecule has 1 aliphatic heterocycles. The molecule has 1 aliphatic rings. The van der Waals surface area contributed by atoms with Crippen LogP contribution in [0.15, 0.2) is 54.6 Å². The number of halogens is 2. The van der Waals surface area contributed by atoms with Crippen LogP contribution in [-0.4, -0.2) is 31.1 Å². The number of ether oxygens (including phenoxy) is 1. The van der Waals surface area contributed by atoms with Crippen LogP contribution in [-0.2, 0) is 4.74 Å². The maximum atomic E-state index is 6.27. The Morgan fingerprint density at radius 1 is 0.917 bits per heavy atom. The van der Waals surface area contributed by atoms with Gasteiger partial charge in [-0.15, -0.1) is 12.4 Å². The van der Waals surface area contributed by atoms with Crippen molar-refractivity contribution >= 4 is 24.0 Å². The van der Waals surface area contributed by atoms with Crippen molar-refractivity contribution in [3.05, 3.63) is 70.7 Å². The van der Waals surface area contributed by atoms with Gasteiger partial charge in [-0.2, -0.15) is 0 Å². The molecule has 0 N–H and O–H groups in total. The zero-order valence-corrected chi connectivity index (χ0v) is 15.4. The summed E-state index contributed by atoms with van der Waals surface area (Å²) in [6.45, 7) is 4.16. The van der Waals surface area contributed by atoms with Crippen LogP contribution in [0.4, 0.5) is 0 Å². The fraction of sp³-hybridized carbons (Fsp3) is 0.400. The summed E-state index contributed by atoms with van der Waals surface area (Å²) in [5.74, 6) is 0. The first-order valence-electron chi connectivity index (χ1n) is 8.47. The van der Waals surface area contributed by atoms with E-state index < -0.39 is 0 Å². The quantitative estimate of drug-likeness (QED) is 0.683. The SMILES string of the molecule is Cl.Clc1cccc(C(OCCN2CCCCC2)c2ccccc2)c1. The Bertz CT molecular complexity index is 600. The van der Waals surface area contributed by atoms with E-state index in [0.717, 1.165) is 23.7 Å². The lowest BCUT2D eigenvalue weighted by molar-refractivity contribution is 0.0557. The summed E-state index contributed by atoms with van der Waals surface area (Å²) in [5, 5.41) is 0.753. The van der Waals surface area contributed by atoms with Crippen LogP contribution in [0, 0.1) is 0 Å².